The number of benzene rings is 1. The van der Waals surface area contributed by atoms with E-state index < -0.39 is 5.97 Å². The summed E-state index contributed by atoms with van der Waals surface area (Å²) >= 11 is 0. The van der Waals surface area contributed by atoms with Gasteiger partial charge in [-0.1, -0.05) is 18.2 Å². The minimum atomic E-state index is -1.10. The number of fused-ring (bicyclic) bond motifs is 1. The number of pyridine rings is 1. The number of anilines is 1. The summed E-state index contributed by atoms with van der Waals surface area (Å²) in [6, 6.07) is 12.3. The van der Waals surface area contributed by atoms with Crippen molar-refractivity contribution in [2.75, 3.05) is 12.8 Å². The number of nitrogens with zero attached hydrogens (tertiary/aromatic N) is 2. The van der Waals surface area contributed by atoms with Crippen molar-refractivity contribution in [2.24, 2.45) is 0 Å². The summed E-state index contributed by atoms with van der Waals surface area (Å²) in [4.78, 5) is 15.6. The number of methoxy groups -OCH3 is 1. The second-order valence-corrected chi connectivity index (χ2v) is 4.46. The number of para-hydroxylation sites is 1. The molecule has 2 aromatic heterocycles. The summed E-state index contributed by atoms with van der Waals surface area (Å²) in [5, 5.41) is 9.31. The van der Waals surface area contributed by atoms with Gasteiger partial charge in [0.25, 0.3) is 0 Å². The van der Waals surface area contributed by atoms with Crippen molar-refractivity contribution < 1.29 is 14.6 Å². The zero-order chi connectivity index (χ0) is 15.0. The summed E-state index contributed by atoms with van der Waals surface area (Å²) < 4.78 is 6.93. The molecule has 0 bridgehead atoms. The van der Waals surface area contributed by atoms with Crippen LogP contribution in [-0.2, 0) is 0 Å². The molecule has 0 atom stereocenters. The number of rotatable bonds is 3. The highest BCUT2D eigenvalue weighted by atomic mass is 16.5. The Hall–Kier alpha value is -3.02. The molecule has 0 saturated carbocycles. The van der Waals surface area contributed by atoms with Crippen LogP contribution < -0.4 is 10.5 Å². The number of hydrogen-bond acceptors (Lipinski definition) is 4. The van der Waals surface area contributed by atoms with Crippen molar-refractivity contribution in [3.05, 3.63) is 48.2 Å². The number of aromatic carboxylic acids is 1. The first-order valence-electron chi connectivity index (χ1n) is 6.27. The number of imidazole rings is 1. The zero-order valence-electron chi connectivity index (χ0n) is 11.3. The summed E-state index contributed by atoms with van der Waals surface area (Å²) in [7, 11) is 1.55. The Labute approximate surface area is 120 Å². The summed E-state index contributed by atoms with van der Waals surface area (Å²) in [5.74, 6) is 0.357. The van der Waals surface area contributed by atoms with Crippen LogP contribution >= 0.6 is 0 Å². The number of aromatic nitrogens is 2. The number of hydrogen-bond donors (Lipinski definition) is 2. The van der Waals surface area contributed by atoms with Crippen LogP contribution in [-0.4, -0.2) is 27.6 Å². The van der Waals surface area contributed by atoms with E-state index in [9.17, 15) is 9.90 Å². The predicted molar refractivity (Wildman–Crippen MR) is 78.6 cm³/mol. The van der Waals surface area contributed by atoms with Crippen LogP contribution in [0.2, 0.25) is 0 Å². The van der Waals surface area contributed by atoms with Gasteiger partial charge in [0.2, 0.25) is 0 Å². The van der Waals surface area contributed by atoms with Crippen molar-refractivity contribution in [3.8, 4) is 17.1 Å². The Morgan fingerprint density at radius 1 is 1.24 bits per heavy atom. The third-order valence-electron chi connectivity index (χ3n) is 3.24. The van der Waals surface area contributed by atoms with Gasteiger partial charge in [-0.25, -0.2) is 9.78 Å². The Balaban J connectivity index is 2.40. The highest BCUT2D eigenvalue weighted by Gasteiger charge is 2.20. The lowest BCUT2D eigenvalue weighted by Gasteiger charge is -2.08. The van der Waals surface area contributed by atoms with E-state index in [1.54, 1.807) is 35.8 Å². The smallest absolute Gasteiger partial charge is 0.356 e. The first-order chi connectivity index (χ1) is 10.1. The number of carbonyl (C=O) groups is 1. The lowest BCUT2D eigenvalue weighted by atomic mass is 10.2. The van der Waals surface area contributed by atoms with E-state index >= 15 is 0 Å². The van der Waals surface area contributed by atoms with Crippen molar-refractivity contribution in [1.82, 2.24) is 9.38 Å². The highest BCUT2D eigenvalue weighted by molar-refractivity contribution is 5.95. The lowest BCUT2D eigenvalue weighted by molar-refractivity contribution is 0.0693. The number of carboxylic acids is 1. The van der Waals surface area contributed by atoms with E-state index in [1.165, 1.54) is 0 Å². The van der Waals surface area contributed by atoms with Crippen molar-refractivity contribution in [3.63, 3.8) is 0 Å². The zero-order valence-corrected chi connectivity index (χ0v) is 11.3. The van der Waals surface area contributed by atoms with Gasteiger partial charge < -0.3 is 15.6 Å². The van der Waals surface area contributed by atoms with Crippen LogP contribution in [0.4, 0.5) is 5.82 Å². The SMILES string of the molecule is COc1ccccc1-c1nc(C(=O)O)c2cccc(N)n12. The Morgan fingerprint density at radius 2 is 2.00 bits per heavy atom. The average Bonchev–Trinajstić information content (AvgIpc) is 2.88. The lowest BCUT2D eigenvalue weighted by Crippen LogP contribution is -1.99. The topological polar surface area (TPSA) is 89.8 Å². The number of nitrogen functional groups attached to an aromatic ring is 1. The van der Waals surface area contributed by atoms with Gasteiger partial charge >= 0.3 is 5.97 Å². The molecule has 6 nitrogen and oxygen atoms in total. The standard InChI is InChI=1S/C15H13N3O3/c1-21-11-7-3-2-5-9(11)14-17-13(15(19)20)10-6-4-8-12(16)18(10)14/h2-8H,16H2,1H3,(H,19,20). The molecule has 0 aliphatic heterocycles. The van der Waals surface area contributed by atoms with Crippen molar-refractivity contribution in [1.29, 1.82) is 0 Å². The van der Waals surface area contributed by atoms with Gasteiger partial charge in [0.1, 0.15) is 11.6 Å². The number of nitrogens with two attached hydrogens (primary N) is 1. The van der Waals surface area contributed by atoms with E-state index in [0.717, 1.165) is 0 Å². The maximum atomic E-state index is 11.4. The first-order valence-corrected chi connectivity index (χ1v) is 6.27. The second-order valence-electron chi connectivity index (χ2n) is 4.46. The molecule has 0 unspecified atom stereocenters. The fourth-order valence-corrected chi connectivity index (χ4v) is 2.33. The second kappa shape index (κ2) is 4.82. The normalized spacial score (nSPS) is 10.7. The summed E-state index contributed by atoms with van der Waals surface area (Å²) in [5.41, 5.74) is 7.08. The molecular formula is C15H13N3O3. The monoisotopic (exact) mass is 283 g/mol. The third-order valence-corrected chi connectivity index (χ3v) is 3.24. The Bertz CT molecular complexity index is 839. The van der Waals surface area contributed by atoms with Gasteiger partial charge in [-0.15, -0.1) is 0 Å². The largest absolute Gasteiger partial charge is 0.496 e. The minimum Gasteiger partial charge on any atom is -0.496 e. The van der Waals surface area contributed by atoms with Crippen LogP contribution in [0.25, 0.3) is 16.9 Å². The highest BCUT2D eigenvalue weighted by Crippen LogP contribution is 2.31. The molecule has 0 aliphatic rings. The van der Waals surface area contributed by atoms with Crippen LogP contribution in [0.1, 0.15) is 10.5 Å². The fraction of sp³-hybridized carbons (Fsp3) is 0.0667. The van der Waals surface area contributed by atoms with Gasteiger partial charge in [0.15, 0.2) is 11.5 Å². The van der Waals surface area contributed by atoms with E-state index in [0.29, 0.717) is 28.5 Å². The molecule has 0 amide bonds. The number of carboxylic acid groups (broad SMARTS) is 1. The van der Waals surface area contributed by atoms with E-state index in [1.807, 2.05) is 18.2 Å². The maximum absolute atomic E-state index is 11.4. The van der Waals surface area contributed by atoms with Crippen molar-refractivity contribution in [2.45, 2.75) is 0 Å². The molecular weight excluding hydrogens is 270 g/mol. The fourth-order valence-electron chi connectivity index (χ4n) is 2.33. The van der Waals surface area contributed by atoms with Gasteiger partial charge in [-0.2, -0.15) is 0 Å². The van der Waals surface area contributed by atoms with E-state index in [4.69, 9.17) is 10.5 Å². The van der Waals surface area contributed by atoms with E-state index in [2.05, 4.69) is 4.98 Å². The van der Waals surface area contributed by atoms with Crippen LogP contribution in [0.15, 0.2) is 42.5 Å². The Kier molecular flexibility index (Phi) is 2.98. The third kappa shape index (κ3) is 1.97. The molecule has 0 radical (unpaired) electrons. The molecule has 0 aliphatic carbocycles. The maximum Gasteiger partial charge on any atom is 0.356 e. The molecule has 6 heteroatoms. The molecule has 21 heavy (non-hydrogen) atoms. The quantitative estimate of drug-likeness (QED) is 0.769. The average molecular weight is 283 g/mol. The molecule has 3 N–H and O–H groups in total. The molecule has 0 saturated heterocycles. The molecule has 3 rings (SSSR count). The van der Waals surface area contributed by atoms with Gasteiger partial charge in [0.05, 0.1) is 18.2 Å². The van der Waals surface area contributed by atoms with Gasteiger partial charge in [-0.05, 0) is 24.3 Å². The molecule has 2 heterocycles. The summed E-state index contributed by atoms with van der Waals surface area (Å²) in [6.45, 7) is 0. The summed E-state index contributed by atoms with van der Waals surface area (Å²) in [6.07, 6.45) is 0. The molecule has 0 spiro atoms. The molecule has 1 aromatic carbocycles. The van der Waals surface area contributed by atoms with Crippen molar-refractivity contribution >= 4 is 17.3 Å². The molecule has 0 fully saturated rings. The minimum absolute atomic E-state index is 0.0387. The van der Waals surface area contributed by atoms with Crippen LogP contribution in [0.3, 0.4) is 0 Å². The van der Waals surface area contributed by atoms with Gasteiger partial charge in [-0.3, -0.25) is 4.40 Å². The van der Waals surface area contributed by atoms with E-state index in [-0.39, 0.29) is 5.69 Å². The van der Waals surface area contributed by atoms with Crippen LogP contribution in [0, 0.1) is 0 Å². The first kappa shape index (κ1) is 13.0. The number of ether oxygens (including phenoxy) is 1. The Morgan fingerprint density at radius 3 is 2.71 bits per heavy atom. The molecule has 3 aromatic rings. The predicted octanol–water partition coefficient (Wildman–Crippen LogP) is 2.29. The van der Waals surface area contributed by atoms with Gasteiger partial charge in [0, 0.05) is 0 Å². The molecule has 106 valence electrons. The van der Waals surface area contributed by atoms with Crippen LogP contribution in [0.5, 0.6) is 5.75 Å².